The molecule has 0 aromatic heterocycles. The van der Waals surface area contributed by atoms with Gasteiger partial charge in [0.2, 0.25) is 0 Å². The van der Waals surface area contributed by atoms with Crippen molar-refractivity contribution in [2.75, 3.05) is 5.75 Å². The molecule has 1 aromatic rings. The average Bonchev–Trinajstić information content (AvgIpc) is 2.85. The van der Waals surface area contributed by atoms with Crippen LogP contribution in [0.5, 0.6) is 0 Å². The predicted molar refractivity (Wildman–Crippen MR) is 92.0 cm³/mol. The molecule has 1 aliphatic heterocycles. The number of hydrogen-bond donors (Lipinski definition) is 1. The van der Waals surface area contributed by atoms with Crippen LogP contribution < -0.4 is 0 Å². The average molecular weight is 349 g/mol. The third-order valence-electron chi connectivity index (χ3n) is 2.85. The molecule has 0 saturated heterocycles. The molecule has 1 aliphatic rings. The Balaban J connectivity index is 2.05. The van der Waals surface area contributed by atoms with Crippen molar-refractivity contribution in [1.29, 1.82) is 0 Å². The molecular formula is C17H19NO5S. The molecule has 1 aromatic carbocycles. The second-order valence-electron chi connectivity index (χ2n) is 6.07. The summed E-state index contributed by atoms with van der Waals surface area (Å²) in [5, 5.41) is 9.98. The number of hydrogen-bond acceptors (Lipinski definition) is 6. The maximum absolute atomic E-state index is 12.2. The van der Waals surface area contributed by atoms with E-state index in [0.29, 0.717) is 0 Å². The zero-order valence-electron chi connectivity index (χ0n) is 13.7. The number of carbonyl (C=O) groups excluding carboxylic acids is 2. The Kier molecular flexibility index (Phi) is 5.66. The van der Waals surface area contributed by atoms with E-state index in [-0.39, 0.29) is 28.7 Å². The highest BCUT2D eigenvalue weighted by Crippen LogP contribution is 2.28. The molecule has 1 heterocycles. The normalized spacial score (nSPS) is 16.4. The van der Waals surface area contributed by atoms with Crippen LogP contribution in [0.15, 0.2) is 46.7 Å². The number of carbonyl (C=O) groups is 2. The number of esters is 1. The molecule has 2 rings (SSSR count). The first-order valence-corrected chi connectivity index (χ1v) is 8.33. The van der Waals surface area contributed by atoms with Crippen LogP contribution in [0.25, 0.3) is 0 Å². The molecule has 6 nitrogen and oxygen atoms in total. The minimum absolute atomic E-state index is 0.0772. The highest BCUT2D eigenvalue weighted by Gasteiger charge is 2.32. The number of thioether (sulfide) groups is 1. The van der Waals surface area contributed by atoms with Crippen molar-refractivity contribution in [2.24, 2.45) is 4.99 Å². The largest absolute Gasteiger partial charge is 0.510 e. The molecule has 0 fully saturated rings. The summed E-state index contributed by atoms with van der Waals surface area (Å²) in [4.78, 5) is 27.8. The van der Waals surface area contributed by atoms with Crippen LogP contribution in [0.1, 0.15) is 26.3 Å². The van der Waals surface area contributed by atoms with Gasteiger partial charge in [-0.3, -0.25) is 0 Å². The number of rotatable bonds is 3. The fraction of sp³-hybridized carbons (Fsp3) is 0.353. The first kappa shape index (κ1) is 18.1. The Bertz CT molecular complexity index is 689. The Hall–Kier alpha value is -2.28. The van der Waals surface area contributed by atoms with Crippen molar-refractivity contribution >= 4 is 28.9 Å². The van der Waals surface area contributed by atoms with Crippen molar-refractivity contribution in [3.8, 4) is 0 Å². The molecule has 128 valence electrons. The van der Waals surface area contributed by atoms with Crippen molar-refractivity contribution in [2.45, 2.75) is 33.0 Å². The van der Waals surface area contributed by atoms with Gasteiger partial charge in [0.15, 0.2) is 0 Å². The first-order valence-electron chi connectivity index (χ1n) is 7.34. The first-order chi connectivity index (χ1) is 11.3. The van der Waals surface area contributed by atoms with Gasteiger partial charge in [-0.15, -0.1) is 0 Å². The van der Waals surface area contributed by atoms with Gasteiger partial charge in [-0.25, -0.2) is 9.59 Å². The van der Waals surface area contributed by atoms with Crippen LogP contribution >= 0.6 is 11.8 Å². The van der Waals surface area contributed by atoms with Crippen molar-refractivity contribution in [1.82, 2.24) is 0 Å². The number of nitrogens with zero attached hydrogens (tertiary/aromatic N) is 1. The van der Waals surface area contributed by atoms with E-state index in [4.69, 9.17) is 9.47 Å². The second-order valence-corrected chi connectivity index (χ2v) is 7.03. The van der Waals surface area contributed by atoms with E-state index < -0.39 is 17.7 Å². The molecule has 0 saturated carbocycles. The minimum atomic E-state index is -0.822. The summed E-state index contributed by atoms with van der Waals surface area (Å²) in [6, 6.07) is 9.18. The zero-order chi connectivity index (χ0) is 17.7. The molecule has 24 heavy (non-hydrogen) atoms. The summed E-state index contributed by atoms with van der Waals surface area (Å²) < 4.78 is 10.3. The summed E-state index contributed by atoms with van der Waals surface area (Å²) in [5.74, 6) is -0.692. The van der Waals surface area contributed by atoms with E-state index in [9.17, 15) is 14.7 Å². The van der Waals surface area contributed by atoms with E-state index in [2.05, 4.69) is 4.99 Å². The van der Waals surface area contributed by atoms with Gasteiger partial charge in [-0.1, -0.05) is 42.1 Å². The second kappa shape index (κ2) is 7.53. The SMILES string of the molecule is CC(C)(C)OC(=O)C1=C(O)CS/C1=N/C(=O)OCc1ccccc1. The molecule has 0 unspecified atom stereocenters. The fourth-order valence-corrected chi connectivity index (χ4v) is 2.76. The highest BCUT2D eigenvalue weighted by atomic mass is 32.2. The van der Waals surface area contributed by atoms with Gasteiger partial charge < -0.3 is 14.6 Å². The molecule has 0 aliphatic carbocycles. The zero-order valence-corrected chi connectivity index (χ0v) is 14.6. The van der Waals surface area contributed by atoms with Crippen LogP contribution in [0.2, 0.25) is 0 Å². The summed E-state index contributed by atoms with van der Waals surface area (Å²) >= 11 is 1.09. The van der Waals surface area contributed by atoms with E-state index in [1.807, 2.05) is 30.3 Å². The number of aliphatic hydroxyl groups is 1. The summed E-state index contributed by atoms with van der Waals surface area (Å²) in [6.07, 6.45) is -0.822. The molecule has 1 N–H and O–H groups in total. The molecule has 0 atom stereocenters. The molecule has 7 heteroatoms. The van der Waals surface area contributed by atoms with Crippen LogP contribution in [-0.4, -0.2) is 33.6 Å². The van der Waals surface area contributed by atoms with Crippen LogP contribution in [0.4, 0.5) is 4.79 Å². The van der Waals surface area contributed by atoms with Crippen molar-refractivity contribution < 1.29 is 24.2 Å². The standard InChI is InChI=1S/C17H19NO5S/c1-17(2,3)23-15(20)13-12(19)10-24-14(13)18-16(21)22-9-11-7-5-4-6-8-11/h4-8,19H,9-10H2,1-3H3/b18-14+. The fourth-order valence-electron chi connectivity index (χ4n) is 1.86. The van der Waals surface area contributed by atoms with Gasteiger partial charge in [-0.05, 0) is 26.3 Å². The summed E-state index contributed by atoms with van der Waals surface area (Å²) in [7, 11) is 0. The summed E-state index contributed by atoms with van der Waals surface area (Å²) in [5.41, 5.74) is 0.0405. The van der Waals surface area contributed by atoms with Crippen molar-refractivity contribution in [3.63, 3.8) is 0 Å². The molecular weight excluding hydrogens is 330 g/mol. The highest BCUT2D eigenvalue weighted by molar-refractivity contribution is 8.15. The van der Waals surface area contributed by atoms with E-state index in [1.54, 1.807) is 20.8 Å². The lowest BCUT2D eigenvalue weighted by atomic mass is 10.2. The van der Waals surface area contributed by atoms with Gasteiger partial charge in [0.1, 0.15) is 28.6 Å². The van der Waals surface area contributed by atoms with Gasteiger partial charge in [0, 0.05) is 0 Å². The molecule has 0 spiro atoms. The quantitative estimate of drug-likeness (QED) is 0.839. The maximum atomic E-state index is 12.2. The van der Waals surface area contributed by atoms with Crippen molar-refractivity contribution in [3.05, 3.63) is 47.2 Å². The third-order valence-corrected chi connectivity index (χ3v) is 3.84. The molecule has 0 radical (unpaired) electrons. The molecule has 1 amide bonds. The topological polar surface area (TPSA) is 85.2 Å². The number of amides is 1. The lowest BCUT2D eigenvalue weighted by Crippen LogP contribution is -2.26. The van der Waals surface area contributed by atoms with Crippen LogP contribution in [0, 0.1) is 0 Å². The number of benzene rings is 1. The van der Waals surface area contributed by atoms with Crippen LogP contribution in [-0.2, 0) is 20.9 Å². The van der Waals surface area contributed by atoms with Gasteiger partial charge in [-0.2, -0.15) is 4.99 Å². The predicted octanol–water partition coefficient (Wildman–Crippen LogP) is 3.62. The maximum Gasteiger partial charge on any atom is 0.435 e. The van der Waals surface area contributed by atoms with Gasteiger partial charge in [0.05, 0.1) is 5.75 Å². The van der Waals surface area contributed by atoms with Gasteiger partial charge >= 0.3 is 12.1 Å². The Morgan fingerprint density at radius 3 is 2.54 bits per heavy atom. The third kappa shape index (κ3) is 5.13. The van der Waals surface area contributed by atoms with E-state index in [1.165, 1.54) is 0 Å². The Morgan fingerprint density at radius 2 is 1.92 bits per heavy atom. The smallest absolute Gasteiger partial charge is 0.435 e. The lowest BCUT2D eigenvalue weighted by molar-refractivity contribution is -0.149. The van der Waals surface area contributed by atoms with E-state index >= 15 is 0 Å². The molecule has 0 bridgehead atoms. The monoisotopic (exact) mass is 349 g/mol. The number of aliphatic hydroxyl groups excluding tert-OH is 1. The number of ether oxygens (including phenoxy) is 2. The minimum Gasteiger partial charge on any atom is -0.510 e. The van der Waals surface area contributed by atoms with Crippen LogP contribution in [0.3, 0.4) is 0 Å². The lowest BCUT2D eigenvalue weighted by Gasteiger charge is -2.19. The Morgan fingerprint density at radius 1 is 1.25 bits per heavy atom. The number of aliphatic imine (C=N–C) groups is 1. The Labute approximate surface area is 144 Å². The summed E-state index contributed by atoms with van der Waals surface area (Å²) in [6.45, 7) is 5.24. The van der Waals surface area contributed by atoms with Gasteiger partial charge in [0.25, 0.3) is 0 Å². The van der Waals surface area contributed by atoms with E-state index in [0.717, 1.165) is 17.3 Å².